The zero-order valence-corrected chi connectivity index (χ0v) is 25.9. The van der Waals surface area contributed by atoms with E-state index in [0.29, 0.717) is 13.1 Å². The van der Waals surface area contributed by atoms with Gasteiger partial charge in [0.25, 0.3) is 0 Å². The standard InChI is InChI=1S/C30H44N5O8P/c36-28(37)21-31-11-13-32(22-29(38)39)15-17-34(18-16-33(14-12-31)23-30(40)41)24-44(42,43)25-35(19-26-7-3-1-4-8-26)20-27-9-5-2-6-10-27/h1-10H,11-25H2,(H,36,37)(H,38,39)(H,40,41)(H,42,43). The Kier molecular flexibility index (Phi) is 14.4. The van der Waals surface area contributed by atoms with E-state index in [1.165, 1.54) is 0 Å². The topological polar surface area (TPSA) is 165 Å². The monoisotopic (exact) mass is 633 g/mol. The molecule has 2 aromatic rings. The number of nitrogens with zero attached hydrogens (tertiary/aromatic N) is 5. The summed E-state index contributed by atoms with van der Waals surface area (Å²) in [6, 6.07) is 19.5. The van der Waals surface area contributed by atoms with E-state index in [2.05, 4.69) is 0 Å². The number of aliphatic carboxylic acids is 3. The van der Waals surface area contributed by atoms with Gasteiger partial charge >= 0.3 is 17.9 Å². The summed E-state index contributed by atoms with van der Waals surface area (Å²) in [5, 5.41) is 28.3. The van der Waals surface area contributed by atoms with Crippen molar-refractivity contribution in [2.24, 2.45) is 0 Å². The minimum Gasteiger partial charge on any atom is -0.480 e. The Bertz CT molecular complexity index is 1160. The lowest BCUT2D eigenvalue weighted by Crippen LogP contribution is -2.48. The van der Waals surface area contributed by atoms with E-state index < -0.39 is 25.3 Å². The number of rotatable bonds is 14. The molecular weight excluding hydrogens is 589 g/mol. The number of benzene rings is 2. The van der Waals surface area contributed by atoms with E-state index in [-0.39, 0.29) is 84.6 Å². The Morgan fingerprint density at radius 3 is 1.23 bits per heavy atom. The van der Waals surface area contributed by atoms with Crippen LogP contribution in [0.1, 0.15) is 11.1 Å². The van der Waals surface area contributed by atoms with E-state index in [9.17, 15) is 39.2 Å². The third-order valence-electron chi connectivity index (χ3n) is 7.35. The minimum atomic E-state index is -3.78. The van der Waals surface area contributed by atoms with Crippen molar-refractivity contribution in [3.05, 3.63) is 71.8 Å². The van der Waals surface area contributed by atoms with Crippen molar-refractivity contribution >= 4 is 25.3 Å². The maximum atomic E-state index is 13.8. The van der Waals surface area contributed by atoms with Gasteiger partial charge in [0.2, 0.25) is 7.37 Å². The predicted molar refractivity (Wildman–Crippen MR) is 165 cm³/mol. The first-order valence-corrected chi connectivity index (χ1v) is 16.7. The highest BCUT2D eigenvalue weighted by atomic mass is 31.2. The molecule has 242 valence electrons. The highest BCUT2D eigenvalue weighted by molar-refractivity contribution is 7.57. The summed E-state index contributed by atoms with van der Waals surface area (Å²) in [4.78, 5) is 54.7. The van der Waals surface area contributed by atoms with Crippen LogP contribution >= 0.6 is 7.37 Å². The summed E-state index contributed by atoms with van der Waals surface area (Å²) in [7, 11) is -3.78. The SMILES string of the molecule is O=C(O)CN1CCN(CC(=O)O)CCN(CP(=O)(O)CN(Cc2ccccc2)Cc2ccccc2)CCN(CC(=O)O)CC1. The molecule has 3 rings (SSSR count). The molecule has 0 saturated carbocycles. The smallest absolute Gasteiger partial charge is 0.317 e. The lowest BCUT2D eigenvalue weighted by atomic mass is 10.2. The van der Waals surface area contributed by atoms with Crippen LogP contribution in [0.15, 0.2) is 60.7 Å². The zero-order chi connectivity index (χ0) is 32.0. The van der Waals surface area contributed by atoms with Gasteiger partial charge in [-0.05, 0) is 11.1 Å². The van der Waals surface area contributed by atoms with Gasteiger partial charge in [0.05, 0.1) is 32.2 Å². The molecule has 0 spiro atoms. The van der Waals surface area contributed by atoms with Crippen LogP contribution in [0.2, 0.25) is 0 Å². The van der Waals surface area contributed by atoms with E-state index >= 15 is 0 Å². The summed E-state index contributed by atoms with van der Waals surface area (Å²) in [6.07, 6.45) is -0.199. The molecule has 1 atom stereocenters. The molecule has 1 unspecified atom stereocenters. The first-order chi connectivity index (χ1) is 21.0. The summed E-state index contributed by atoms with van der Waals surface area (Å²) in [5.41, 5.74) is 2.03. The molecule has 0 aromatic heterocycles. The third kappa shape index (κ3) is 14.1. The number of carboxylic acid groups (broad SMARTS) is 3. The normalized spacial score (nSPS) is 18.2. The van der Waals surface area contributed by atoms with Crippen LogP contribution in [0, 0.1) is 0 Å². The first kappa shape index (κ1) is 35.3. The molecule has 1 aliphatic rings. The largest absolute Gasteiger partial charge is 0.480 e. The molecule has 0 aliphatic carbocycles. The lowest BCUT2D eigenvalue weighted by molar-refractivity contribution is -0.140. The molecule has 4 N–H and O–H groups in total. The van der Waals surface area contributed by atoms with Gasteiger partial charge in [-0.25, -0.2) is 0 Å². The molecular formula is C30H44N5O8P. The highest BCUT2D eigenvalue weighted by Crippen LogP contribution is 2.42. The van der Waals surface area contributed by atoms with Crippen molar-refractivity contribution in [1.82, 2.24) is 24.5 Å². The van der Waals surface area contributed by atoms with Crippen LogP contribution in [0.4, 0.5) is 0 Å². The maximum absolute atomic E-state index is 13.8. The highest BCUT2D eigenvalue weighted by Gasteiger charge is 2.28. The van der Waals surface area contributed by atoms with Crippen LogP contribution in [0.25, 0.3) is 0 Å². The molecule has 1 heterocycles. The van der Waals surface area contributed by atoms with Crippen LogP contribution in [0.5, 0.6) is 0 Å². The van der Waals surface area contributed by atoms with E-state index in [0.717, 1.165) is 11.1 Å². The Balaban J connectivity index is 1.77. The summed E-state index contributed by atoms with van der Waals surface area (Å²) < 4.78 is 13.8. The Morgan fingerprint density at radius 2 is 0.909 bits per heavy atom. The second kappa shape index (κ2) is 18.0. The van der Waals surface area contributed by atoms with Crippen LogP contribution in [-0.2, 0) is 32.0 Å². The minimum absolute atomic E-state index is 0.0604. The number of hydrogen-bond acceptors (Lipinski definition) is 9. The molecule has 0 bridgehead atoms. The fraction of sp³-hybridized carbons (Fsp3) is 0.500. The quantitative estimate of drug-likeness (QED) is 0.221. The maximum Gasteiger partial charge on any atom is 0.317 e. The molecule has 13 nitrogen and oxygen atoms in total. The summed E-state index contributed by atoms with van der Waals surface area (Å²) >= 11 is 0. The average molecular weight is 634 g/mol. The van der Waals surface area contributed by atoms with Gasteiger partial charge in [0, 0.05) is 65.4 Å². The average Bonchev–Trinajstić information content (AvgIpc) is 2.94. The van der Waals surface area contributed by atoms with Crippen molar-refractivity contribution in [1.29, 1.82) is 0 Å². The van der Waals surface area contributed by atoms with Crippen molar-refractivity contribution < 1.29 is 39.2 Å². The molecule has 14 heteroatoms. The fourth-order valence-corrected chi connectivity index (χ4v) is 7.10. The summed E-state index contributed by atoms with van der Waals surface area (Å²) in [5.74, 6) is -3.07. The van der Waals surface area contributed by atoms with Gasteiger partial charge in [-0.3, -0.25) is 43.4 Å². The number of hydrogen-bond donors (Lipinski definition) is 4. The van der Waals surface area contributed by atoms with Crippen LogP contribution < -0.4 is 0 Å². The number of carbonyl (C=O) groups is 3. The van der Waals surface area contributed by atoms with Crippen molar-refractivity contribution in [2.75, 3.05) is 84.6 Å². The first-order valence-electron chi connectivity index (χ1n) is 14.6. The van der Waals surface area contributed by atoms with E-state index in [1.807, 2.05) is 70.5 Å². The van der Waals surface area contributed by atoms with E-state index in [1.54, 1.807) is 14.7 Å². The second-order valence-corrected chi connectivity index (χ2v) is 13.5. The molecule has 2 aromatic carbocycles. The predicted octanol–water partition coefficient (Wildman–Crippen LogP) is 1.35. The van der Waals surface area contributed by atoms with Gasteiger partial charge < -0.3 is 20.2 Å². The van der Waals surface area contributed by atoms with Crippen molar-refractivity contribution in [2.45, 2.75) is 13.1 Å². The van der Waals surface area contributed by atoms with Gasteiger partial charge in [-0.15, -0.1) is 0 Å². The van der Waals surface area contributed by atoms with Crippen molar-refractivity contribution in [3.8, 4) is 0 Å². The van der Waals surface area contributed by atoms with Crippen molar-refractivity contribution in [3.63, 3.8) is 0 Å². The van der Waals surface area contributed by atoms with E-state index in [4.69, 9.17) is 0 Å². The van der Waals surface area contributed by atoms with Gasteiger partial charge in [0.1, 0.15) is 0 Å². The zero-order valence-electron chi connectivity index (χ0n) is 25.0. The summed E-state index contributed by atoms with van der Waals surface area (Å²) in [6.45, 7) is 2.48. The molecule has 1 saturated heterocycles. The molecule has 1 fully saturated rings. The van der Waals surface area contributed by atoms with Crippen LogP contribution in [-0.4, -0.2) is 147 Å². The van der Waals surface area contributed by atoms with Gasteiger partial charge in [0.15, 0.2) is 0 Å². The Hall–Kier alpha value is -3.16. The lowest BCUT2D eigenvalue weighted by Gasteiger charge is -2.34. The van der Waals surface area contributed by atoms with Gasteiger partial charge in [-0.1, -0.05) is 60.7 Å². The molecule has 0 radical (unpaired) electrons. The molecule has 44 heavy (non-hydrogen) atoms. The Morgan fingerprint density at radius 1 is 0.591 bits per heavy atom. The second-order valence-electron chi connectivity index (χ2n) is 11.2. The third-order valence-corrected chi connectivity index (χ3v) is 9.03. The fourth-order valence-electron chi connectivity index (χ4n) is 5.28. The molecule has 1 aliphatic heterocycles. The Labute approximate surface area is 258 Å². The molecule has 0 amide bonds. The number of carboxylic acids is 3. The van der Waals surface area contributed by atoms with Crippen LogP contribution in [0.3, 0.4) is 0 Å². The van der Waals surface area contributed by atoms with Gasteiger partial charge in [-0.2, -0.15) is 0 Å².